The average Bonchev–Trinajstić information content (AvgIpc) is 2.66. The lowest BCUT2D eigenvalue weighted by Gasteiger charge is -2.36. The molecule has 142 valence electrons. The summed E-state index contributed by atoms with van der Waals surface area (Å²) >= 11 is 6.04. The van der Waals surface area contributed by atoms with Crippen LogP contribution in [0.3, 0.4) is 0 Å². The standard InChI is InChI=1S/C21H23ClN2O3/c1-15-6-7-19(16(2)12-15)21(26)27-14-20(25)24-10-8-23(9-11-24)18-5-3-4-17(22)13-18/h3-7,12-13H,8-11,14H2,1-2H3. The molecule has 6 heteroatoms. The second-order valence-electron chi connectivity index (χ2n) is 6.74. The third-order valence-electron chi connectivity index (χ3n) is 4.73. The van der Waals surface area contributed by atoms with Crippen LogP contribution in [-0.2, 0) is 9.53 Å². The average molecular weight is 387 g/mol. The van der Waals surface area contributed by atoms with Crippen molar-refractivity contribution in [3.8, 4) is 0 Å². The van der Waals surface area contributed by atoms with Gasteiger partial charge in [0.15, 0.2) is 6.61 Å². The minimum Gasteiger partial charge on any atom is -0.452 e. The molecular formula is C21H23ClN2O3. The quantitative estimate of drug-likeness (QED) is 0.755. The van der Waals surface area contributed by atoms with Gasteiger partial charge in [0.25, 0.3) is 5.91 Å². The molecule has 5 nitrogen and oxygen atoms in total. The first-order chi connectivity index (χ1) is 12.9. The number of carbonyl (C=O) groups excluding carboxylic acids is 2. The van der Waals surface area contributed by atoms with E-state index < -0.39 is 5.97 Å². The minimum atomic E-state index is -0.460. The number of halogens is 1. The van der Waals surface area contributed by atoms with E-state index >= 15 is 0 Å². The van der Waals surface area contributed by atoms with Crippen molar-refractivity contribution in [2.24, 2.45) is 0 Å². The number of ether oxygens (including phenoxy) is 1. The molecule has 1 aliphatic rings. The van der Waals surface area contributed by atoms with Gasteiger partial charge in [-0.3, -0.25) is 4.79 Å². The molecule has 0 bridgehead atoms. The summed E-state index contributed by atoms with van der Waals surface area (Å²) in [5, 5.41) is 0.698. The monoisotopic (exact) mass is 386 g/mol. The number of rotatable bonds is 4. The molecule has 0 radical (unpaired) electrons. The summed E-state index contributed by atoms with van der Waals surface area (Å²) in [5.74, 6) is -0.628. The molecule has 0 aromatic heterocycles. The summed E-state index contributed by atoms with van der Waals surface area (Å²) in [6.45, 7) is 6.21. The third-order valence-corrected chi connectivity index (χ3v) is 4.97. The first-order valence-corrected chi connectivity index (χ1v) is 9.34. The Hall–Kier alpha value is -2.53. The molecule has 1 heterocycles. The number of esters is 1. The number of hydrogen-bond acceptors (Lipinski definition) is 4. The van der Waals surface area contributed by atoms with E-state index in [2.05, 4.69) is 4.90 Å². The fraction of sp³-hybridized carbons (Fsp3) is 0.333. The lowest BCUT2D eigenvalue weighted by molar-refractivity contribution is -0.134. The van der Waals surface area contributed by atoms with Gasteiger partial charge in [0.1, 0.15) is 0 Å². The number of aryl methyl sites for hydroxylation is 2. The van der Waals surface area contributed by atoms with Crippen molar-refractivity contribution >= 4 is 29.2 Å². The molecule has 2 aromatic rings. The number of piperazine rings is 1. The molecule has 1 saturated heterocycles. The summed E-state index contributed by atoms with van der Waals surface area (Å²) in [6, 6.07) is 13.2. The van der Waals surface area contributed by atoms with Crippen molar-refractivity contribution in [3.63, 3.8) is 0 Å². The van der Waals surface area contributed by atoms with Crippen LogP contribution in [-0.4, -0.2) is 49.6 Å². The van der Waals surface area contributed by atoms with E-state index in [0.29, 0.717) is 23.7 Å². The molecule has 1 amide bonds. The largest absolute Gasteiger partial charge is 0.452 e. The topological polar surface area (TPSA) is 49.9 Å². The molecule has 0 saturated carbocycles. The van der Waals surface area contributed by atoms with Gasteiger partial charge in [-0.15, -0.1) is 0 Å². The SMILES string of the molecule is Cc1ccc(C(=O)OCC(=O)N2CCN(c3cccc(Cl)c3)CC2)c(C)c1. The molecule has 1 aliphatic heterocycles. The van der Waals surface area contributed by atoms with E-state index in [0.717, 1.165) is 29.9 Å². The van der Waals surface area contributed by atoms with Gasteiger partial charge in [0.2, 0.25) is 0 Å². The summed E-state index contributed by atoms with van der Waals surface area (Å²) in [6.07, 6.45) is 0. The predicted octanol–water partition coefficient (Wildman–Crippen LogP) is 3.46. The van der Waals surface area contributed by atoms with Crippen LogP contribution in [0.1, 0.15) is 21.5 Å². The van der Waals surface area contributed by atoms with Gasteiger partial charge in [0, 0.05) is 36.9 Å². The Morgan fingerprint density at radius 2 is 1.78 bits per heavy atom. The molecular weight excluding hydrogens is 364 g/mol. The lowest BCUT2D eigenvalue weighted by Crippen LogP contribution is -2.49. The highest BCUT2D eigenvalue weighted by atomic mass is 35.5. The minimum absolute atomic E-state index is 0.168. The molecule has 1 fully saturated rings. The van der Waals surface area contributed by atoms with Crippen molar-refractivity contribution in [2.75, 3.05) is 37.7 Å². The van der Waals surface area contributed by atoms with Crippen LogP contribution in [0.5, 0.6) is 0 Å². The van der Waals surface area contributed by atoms with E-state index in [1.54, 1.807) is 11.0 Å². The van der Waals surface area contributed by atoms with E-state index in [4.69, 9.17) is 16.3 Å². The predicted molar refractivity (Wildman–Crippen MR) is 106 cm³/mol. The van der Waals surface area contributed by atoms with Crippen molar-refractivity contribution in [1.82, 2.24) is 4.90 Å². The number of hydrogen-bond donors (Lipinski definition) is 0. The van der Waals surface area contributed by atoms with Crippen LogP contribution >= 0.6 is 11.6 Å². The molecule has 0 unspecified atom stereocenters. The second kappa shape index (κ2) is 8.44. The van der Waals surface area contributed by atoms with Crippen molar-refractivity contribution in [2.45, 2.75) is 13.8 Å². The van der Waals surface area contributed by atoms with Crippen LogP contribution in [0, 0.1) is 13.8 Å². The van der Waals surface area contributed by atoms with Crippen LogP contribution in [0.15, 0.2) is 42.5 Å². The van der Waals surface area contributed by atoms with Gasteiger partial charge >= 0.3 is 5.97 Å². The first kappa shape index (κ1) is 19.2. The highest BCUT2D eigenvalue weighted by molar-refractivity contribution is 6.30. The zero-order valence-electron chi connectivity index (χ0n) is 15.6. The number of amides is 1. The Labute approximate surface area is 164 Å². The van der Waals surface area contributed by atoms with E-state index in [1.165, 1.54) is 0 Å². The molecule has 3 rings (SSSR count). The normalized spacial score (nSPS) is 14.2. The number of nitrogens with zero attached hydrogens (tertiary/aromatic N) is 2. The molecule has 0 aliphatic carbocycles. The van der Waals surface area contributed by atoms with E-state index in [1.807, 2.05) is 50.2 Å². The number of benzene rings is 2. The van der Waals surface area contributed by atoms with Crippen LogP contribution in [0.25, 0.3) is 0 Å². The van der Waals surface area contributed by atoms with Gasteiger partial charge in [-0.05, 0) is 43.7 Å². The Balaban J connectivity index is 1.50. The fourth-order valence-electron chi connectivity index (χ4n) is 3.23. The highest BCUT2D eigenvalue weighted by Gasteiger charge is 2.22. The number of anilines is 1. The van der Waals surface area contributed by atoms with E-state index in [-0.39, 0.29) is 12.5 Å². The zero-order chi connectivity index (χ0) is 19.4. The number of carbonyl (C=O) groups is 2. The maximum atomic E-state index is 12.4. The van der Waals surface area contributed by atoms with Crippen LogP contribution in [0.2, 0.25) is 5.02 Å². The maximum Gasteiger partial charge on any atom is 0.338 e. The maximum absolute atomic E-state index is 12.4. The summed E-state index contributed by atoms with van der Waals surface area (Å²) < 4.78 is 5.23. The fourth-order valence-corrected chi connectivity index (χ4v) is 3.41. The van der Waals surface area contributed by atoms with Gasteiger partial charge in [-0.2, -0.15) is 0 Å². The van der Waals surface area contributed by atoms with Crippen molar-refractivity contribution < 1.29 is 14.3 Å². The Bertz CT molecular complexity index is 845. The highest BCUT2D eigenvalue weighted by Crippen LogP contribution is 2.21. The molecule has 0 atom stereocenters. The van der Waals surface area contributed by atoms with Gasteiger partial charge in [-0.1, -0.05) is 35.4 Å². The van der Waals surface area contributed by atoms with Gasteiger partial charge < -0.3 is 14.5 Å². The lowest BCUT2D eigenvalue weighted by atomic mass is 10.1. The summed E-state index contributed by atoms with van der Waals surface area (Å²) in [4.78, 5) is 28.5. The van der Waals surface area contributed by atoms with Crippen LogP contribution < -0.4 is 4.90 Å². The van der Waals surface area contributed by atoms with Crippen LogP contribution in [0.4, 0.5) is 5.69 Å². The Morgan fingerprint density at radius 1 is 1.04 bits per heavy atom. The van der Waals surface area contributed by atoms with Crippen molar-refractivity contribution in [3.05, 3.63) is 64.2 Å². The molecule has 0 N–H and O–H groups in total. The molecule has 0 spiro atoms. The first-order valence-electron chi connectivity index (χ1n) is 8.97. The molecule has 27 heavy (non-hydrogen) atoms. The second-order valence-corrected chi connectivity index (χ2v) is 7.18. The van der Waals surface area contributed by atoms with E-state index in [9.17, 15) is 9.59 Å². The molecule has 2 aromatic carbocycles. The Morgan fingerprint density at radius 3 is 2.44 bits per heavy atom. The third kappa shape index (κ3) is 4.80. The smallest absolute Gasteiger partial charge is 0.338 e. The Kier molecular flexibility index (Phi) is 6.01. The van der Waals surface area contributed by atoms with Crippen molar-refractivity contribution in [1.29, 1.82) is 0 Å². The van der Waals surface area contributed by atoms with Gasteiger partial charge in [0.05, 0.1) is 5.56 Å². The van der Waals surface area contributed by atoms with Gasteiger partial charge in [-0.25, -0.2) is 4.79 Å². The summed E-state index contributed by atoms with van der Waals surface area (Å²) in [5.41, 5.74) is 3.48. The zero-order valence-corrected chi connectivity index (χ0v) is 16.3. The summed E-state index contributed by atoms with van der Waals surface area (Å²) in [7, 11) is 0.